The number of cyclic esters (lactones) is 1. The van der Waals surface area contributed by atoms with Crippen LogP contribution in [0.3, 0.4) is 0 Å². The van der Waals surface area contributed by atoms with Crippen molar-refractivity contribution < 1.29 is 34.4 Å². The number of hydrogen-bond donors (Lipinski definition) is 4. The first-order chi connectivity index (χ1) is 18.7. The number of rotatable bonds is 16. The molecule has 8 heteroatoms. The van der Waals surface area contributed by atoms with Gasteiger partial charge in [-0.1, -0.05) is 96.7 Å². The lowest BCUT2D eigenvalue weighted by Gasteiger charge is -2.33. The average molecular weight is 562 g/mol. The molecule has 0 aromatic heterocycles. The van der Waals surface area contributed by atoms with Crippen LogP contribution in [0.25, 0.3) is 0 Å². The summed E-state index contributed by atoms with van der Waals surface area (Å²) in [6, 6.07) is 0. The number of nitrogens with two attached hydrogens (primary N) is 1. The van der Waals surface area contributed by atoms with E-state index in [1.54, 1.807) is 31.2 Å². The molecule has 1 amide bonds. The molecular weight excluding hydrogens is 510 g/mol. The molecule has 0 unspecified atom stereocenters. The van der Waals surface area contributed by atoms with Gasteiger partial charge in [-0.05, 0) is 19.3 Å². The van der Waals surface area contributed by atoms with Gasteiger partial charge in [-0.15, -0.1) is 0 Å². The predicted octanol–water partition coefficient (Wildman–Crippen LogP) is 4.86. The van der Waals surface area contributed by atoms with Crippen LogP contribution in [-0.4, -0.2) is 57.9 Å². The highest BCUT2D eigenvalue weighted by atomic mass is 16.6. The summed E-state index contributed by atoms with van der Waals surface area (Å²) in [6.07, 6.45) is 11.2. The molecule has 226 valence electrons. The molecule has 0 aromatic rings. The van der Waals surface area contributed by atoms with E-state index in [4.69, 9.17) is 15.2 Å². The number of aliphatic hydroxyl groups is 3. The summed E-state index contributed by atoms with van der Waals surface area (Å²) in [4.78, 5) is 23.3. The Hall–Kier alpha value is -2.68. The summed E-state index contributed by atoms with van der Waals surface area (Å²) in [7, 11) is 0. The van der Waals surface area contributed by atoms with Gasteiger partial charge in [-0.2, -0.15) is 0 Å². The summed E-state index contributed by atoms with van der Waals surface area (Å²) in [5, 5.41) is 32.2. The number of carbonyl (C=O) groups is 2. The summed E-state index contributed by atoms with van der Waals surface area (Å²) < 4.78 is 10.7. The lowest BCUT2D eigenvalue weighted by Crippen LogP contribution is -2.41. The summed E-state index contributed by atoms with van der Waals surface area (Å²) in [5.74, 6) is -1.37. The van der Waals surface area contributed by atoms with E-state index in [9.17, 15) is 24.9 Å². The molecule has 0 saturated heterocycles. The third-order valence-electron chi connectivity index (χ3n) is 7.78. The lowest BCUT2D eigenvalue weighted by atomic mass is 9.82. The van der Waals surface area contributed by atoms with Crippen LogP contribution in [0.5, 0.6) is 0 Å². The number of primary amides is 1. The molecule has 8 nitrogen and oxygen atoms in total. The van der Waals surface area contributed by atoms with Crippen molar-refractivity contribution in [2.45, 2.75) is 91.8 Å². The Morgan fingerprint density at radius 3 is 2.27 bits per heavy atom. The first-order valence-corrected chi connectivity index (χ1v) is 14.2. The van der Waals surface area contributed by atoms with Gasteiger partial charge in [0.1, 0.15) is 12.2 Å². The third kappa shape index (κ3) is 11.4. The standard InChI is InChI=1S/C32H51NO7/c1-9-10-12-22(5)30(40-32(33)38)25(8)29(36)20(3)14-11-13-19(2)28(35)21(4)15-16-26(34)18-27-23(6)17-24(7)31(37)39-27/h9-13,15-17,19-23,25-30,34-36H,1,14,18H2,2-8H3,(H2,33,38)/b12-10-,13-11-,16-15-/t19-,20-,21-,22-,23+,25-,26+,27-,28+,29+,30-/m0/s1. The van der Waals surface area contributed by atoms with Crippen LogP contribution in [0.15, 0.2) is 60.8 Å². The van der Waals surface area contributed by atoms with Crippen molar-refractivity contribution in [3.63, 3.8) is 0 Å². The maximum absolute atomic E-state index is 11.8. The predicted molar refractivity (Wildman–Crippen MR) is 158 cm³/mol. The van der Waals surface area contributed by atoms with Crippen molar-refractivity contribution in [3.8, 4) is 0 Å². The van der Waals surface area contributed by atoms with Gasteiger partial charge >= 0.3 is 12.1 Å². The quantitative estimate of drug-likeness (QED) is 0.120. The van der Waals surface area contributed by atoms with Gasteiger partial charge in [0.25, 0.3) is 0 Å². The van der Waals surface area contributed by atoms with Gasteiger partial charge in [0.2, 0.25) is 0 Å². The molecule has 0 fully saturated rings. The van der Waals surface area contributed by atoms with E-state index >= 15 is 0 Å². The summed E-state index contributed by atoms with van der Waals surface area (Å²) in [6.45, 7) is 16.8. The Balaban J connectivity index is 2.66. The molecule has 11 atom stereocenters. The second-order valence-electron chi connectivity index (χ2n) is 11.4. The summed E-state index contributed by atoms with van der Waals surface area (Å²) in [5.41, 5.74) is 5.86. The van der Waals surface area contributed by atoms with Gasteiger partial charge in [0.05, 0.1) is 18.3 Å². The number of hydrogen-bond acceptors (Lipinski definition) is 7. The van der Waals surface area contributed by atoms with E-state index in [-0.39, 0.29) is 47.6 Å². The van der Waals surface area contributed by atoms with Crippen LogP contribution in [0.2, 0.25) is 0 Å². The number of amides is 1. The fraction of sp³-hybridized carbons (Fsp3) is 0.625. The molecule has 0 radical (unpaired) electrons. The minimum absolute atomic E-state index is 0.0249. The van der Waals surface area contributed by atoms with E-state index in [2.05, 4.69) is 6.58 Å². The molecule has 0 aromatic carbocycles. The molecule has 1 aliphatic heterocycles. The maximum Gasteiger partial charge on any atom is 0.404 e. The molecule has 1 aliphatic rings. The van der Waals surface area contributed by atoms with Crippen LogP contribution in [0.1, 0.15) is 61.3 Å². The van der Waals surface area contributed by atoms with E-state index in [1.807, 2.05) is 65.8 Å². The van der Waals surface area contributed by atoms with E-state index < -0.39 is 30.5 Å². The van der Waals surface area contributed by atoms with E-state index in [0.29, 0.717) is 18.4 Å². The maximum atomic E-state index is 11.8. The van der Waals surface area contributed by atoms with E-state index in [1.165, 1.54) is 0 Å². The van der Waals surface area contributed by atoms with Crippen LogP contribution in [0, 0.1) is 35.5 Å². The highest BCUT2D eigenvalue weighted by molar-refractivity contribution is 5.88. The monoisotopic (exact) mass is 561 g/mol. The Kier molecular flexibility index (Phi) is 15.2. The number of ether oxygens (including phenoxy) is 2. The Morgan fingerprint density at radius 1 is 1.05 bits per heavy atom. The Bertz CT molecular complexity index is 940. The van der Waals surface area contributed by atoms with Gasteiger partial charge < -0.3 is 30.5 Å². The fourth-order valence-electron chi connectivity index (χ4n) is 5.05. The number of allylic oxidation sites excluding steroid dienone is 3. The third-order valence-corrected chi connectivity index (χ3v) is 7.78. The highest BCUT2D eigenvalue weighted by Crippen LogP contribution is 2.27. The molecule has 0 bridgehead atoms. The number of aliphatic hydroxyl groups excluding tert-OH is 3. The zero-order valence-corrected chi connectivity index (χ0v) is 25.1. The van der Waals surface area contributed by atoms with Crippen molar-refractivity contribution >= 4 is 12.1 Å². The Morgan fingerprint density at radius 2 is 1.68 bits per heavy atom. The van der Waals surface area contributed by atoms with Crippen LogP contribution in [-0.2, 0) is 14.3 Å². The van der Waals surface area contributed by atoms with Gasteiger partial charge in [-0.25, -0.2) is 9.59 Å². The zero-order chi connectivity index (χ0) is 30.6. The second-order valence-corrected chi connectivity index (χ2v) is 11.4. The first kappa shape index (κ1) is 35.3. The molecule has 0 spiro atoms. The normalized spacial score (nSPS) is 24.9. The van der Waals surface area contributed by atoms with Crippen molar-refractivity contribution in [2.75, 3.05) is 0 Å². The van der Waals surface area contributed by atoms with Gasteiger partial charge in [-0.3, -0.25) is 0 Å². The molecule has 1 heterocycles. The second kappa shape index (κ2) is 17.2. The highest BCUT2D eigenvalue weighted by Gasteiger charge is 2.33. The first-order valence-electron chi connectivity index (χ1n) is 14.2. The lowest BCUT2D eigenvalue weighted by molar-refractivity contribution is -0.149. The smallest absolute Gasteiger partial charge is 0.404 e. The van der Waals surface area contributed by atoms with Gasteiger partial charge in [0.15, 0.2) is 0 Å². The Labute approximate surface area is 240 Å². The van der Waals surface area contributed by atoms with Crippen LogP contribution < -0.4 is 5.73 Å². The number of esters is 1. The molecular formula is C32H51NO7. The van der Waals surface area contributed by atoms with Gasteiger partial charge in [0, 0.05) is 41.6 Å². The van der Waals surface area contributed by atoms with Crippen LogP contribution >= 0.6 is 0 Å². The molecule has 1 rings (SSSR count). The topological polar surface area (TPSA) is 139 Å². The van der Waals surface area contributed by atoms with E-state index in [0.717, 1.165) is 0 Å². The average Bonchev–Trinajstić information content (AvgIpc) is 2.90. The molecule has 5 N–H and O–H groups in total. The van der Waals surface area contributed by atoms with Crippen LogP contribution in [0.4, 0.5) is 4.79 Å². The van der Waals surface area contributed by atoms with Crippen molar-refractivity contribution in [1.82, 2.24) is 0 Å². The molecule has 40 heavy (non-hydrogen) atoms. The van der Waals surface area contributed by atoms with Crippen molar-refractivity contribution in [2.24, 2.45) is 41.2 Å². The minimum atomic E-state index is -0.881. The van der Waals surface area contributed by atoms with Crippen molar-refractivity contribution in [1.29, 1.82) is 0 Å². The summed E-state index contributed by atoms with van der Waals surface area (Å²) >= 11 is 0. The molecule has 0 aliphatic carbocycles. The fourth-order valence-corrected chi connectivity index (χ4v) is 5.05. The minimum Gasteiger partial charge on any atom is -0.458 e. The largest absolute Gasteiger partial charge is 0.458 e. The number of carbonyl (C=O) groups excluding carboxylic acids is 2. The van der Waals surface area contributed by atoms with Crippen molar-refractivity contribution in [3.05, 3.63) is 60.8 Å². The zero-order valence-electron chi connectivity index (χ0n) is 25.1. The SMILES string of the molecule is C=C/C=C\[C@H](C)[C@H](OC(N)=O)[C@@H](C)[C@H](O)[C@@H](C)C/C=C\[C@H](C)[C@@H](O)[C@@H](C)/C=C\[C@@H](O)C[C@@H]1OC(=O)C(C)=C[C@H]1C. The molecule has 0 saturated carbocycles.